The van der Waals surface area contributed by atoms with Crippen LogP contribution in [-0.2, 0) is 0 Å². The van der Waals surface area contributed by atoms with Gasteiger partial charge in [-0.1, -0.05) is 13.0 Å². The number of rotatable bonds is 4. The van der Waals surface area contributed by atoms with Gasteiger partial charge in [-0.25, -0.2) is 0 Å². The molecule has 4 heteroatoms. The average molecular weight is 262 g/mol. The molecule has 1 saturated heterocycles. The van der Waals surface area contributed by atoms with E-state index in [-0.39, 0.29) is 5.91 Å². The van der Waals surface area contributed by atoms with E-state index in [1.54, 1.807) is 0 Å². The number of ether oxygens (including phenoxy) is 1. The van der Waals surface area contributed by atoms with Gasteiger partial charge in [0.05, 0.1) is 6.61 Å². The third kappa shape index (κ3) is 3.96. The molecule has 1 aliphatic rings. The molecule has 0 unspecified atom stereocenters. The van der Waals surface area contributed by atoms with Crippen LogP contribution in [0, 0.1) is 0 Å². The Labute approximate surface area is 114 Å². The van der Waals surface area contributed by atoms with Crippen LogP contribution in [0.4, 0.5) is 0 Å². The molecule has 0 saturated carbocycles. The minimum atomic E-state index is 0.102. The largest absolute Gasteiger partial charge is 0.494 e. The number of amides is 1. The van der Waals surface area contributed by atoms with E-state index in [4.69, 9.17) is 4.74 Å². The van der Waals surface area contributed by atoms with Crippen molar-refractivity contribution in [2.24, 2.45) is 0 Å². The number of carbonyl (C=O) groups is 1. The van der Waals surface area contributed by atoms with Crippen LogP contribution in [0.3, 0.4) is 0 Å². The van der Waals surface area contributed by atoms with E-state index < -0.39 is 0 Å². The maximum Gasteiger partial charge on any atom is 0.254 e. The second-order valence-corrected chi connectivity index (χ2v) is 4.77. The van der Waals surface area contributed by atoms with Gasteiger partial charge in [0.1, 0.15) is 5.75 Å². The Hall–Kier alpha value is -1.55. The van der Waals surface area contributed by atoms with Crippen molar-refractivity contribution in [3.63, 3.8) is 0 Å². The Morgan fingerprint density at radius 3 is 3.11 bits per heavy atom. The lowest BCUT2D eigenvalue weighted by atomic mass is 10.2. The molecule has 0 atom stereocenters. The Bertz CT molecular complexity index is 412. The molecule has 2 rings (SSSR count). The van der Waals surface area contributed by atoms with Gasteiger partial charge in [-0.3, -0.25) is 4.79 Å². The highest BCUT2D eigenvalue weighted by Crippen LogP contribution is 2.15. The molecule has 0 spiro atoms. The summed E-state index contributed by atoms with van der Waals surface area (Å²) < 4.78 is 5.57. The standard InChI is InChI=1S/C15H22N2O2/c1-2-11-19-14-6-3-5-13(12-14)15(18)17-9-4-7-16-8-10-17/h3,5-6,12,16H,2,4,7-11H2,1H3. The smallest absolute Gasteiger partial charge is 0.254 e. The van der Waals surface area contributed by atoms with Crippen LogP contribution in [0.5, 0.6) is 5.75 Å². The SMILES string of the molecule is CCCOc1cccc(C(=O)N2CCCNCC2)c1. The molecule has 1 aromatic carbocycles. The Morgan fingerprint density at radius 1 is 1.37 bits per heavy atom. The van der Waals surface area contributed by atoms with E-state index in [1.165, 1.54) is 0 Å². The van der Waals surface area contributed by atoms with Crippen LogP contribution in [0.1, 0.15) is 30.1 Å². The zero-order chi connectivity index (χ0) is 13.5. The highest BCUT2D eigenvalue weighted by atomic mass is 16.5. The molecule has 4 nitrogen and oxygen atoms in total. The summed E-state index contributed by atoms with van der Waals surface area (Å²) >= 11 is 0. The van der Waals surface area contributed by atoms with E-state index in [0.717, 1.165) is 50.3 Å². The first-order valence-electron chi connectivity index (χ1n) is 7.04. The quantitative estimate of drug-likeness (QED) is 0.901. The summed E-state index contributed by atoms with van der Waals surface area (Å²) in [5, 5.41) is 3.30. The molecule has 0 aromatic heterocycles. The van der Waals surface area contributed by atoms with Crippen molar-refractivity contribution in [1.29, 1.82) is 0 Å². The number of hydrogen-bond donors (Lipinski definition) is 1. The van der Waals surface area contributed by atoms with E-state index in [0.29, 0.717) is 6.61 Å². The molecule has 1 aliphatic heterocycles. The lowest BCUT2D eigenvalue weighted by molar-refractivity contribution is 0.0766. The normalized spacial score (nSPS) is 15.9. The first-order valence-corrected chi connectivity index (χ1v) is 7.04. The third-order valence-corrected chi connectivity index (χ3v) is 3.18. The lowest BCUT2D eigenvalue weighted by Crippen LogP contribution is -2.34. The summed E-state index contributed by atoms with van der Waals surface area (Å²) in [6.07, 6.45) is 1.98. The number of benzene rings is 1. The minimum absolute atomic E-state index is 0.102. The van der Waals surface area contributed by atoms with Crippen LogP contribution in [0.2, 0.25) is 0 Å². The van der Waals surface area contributed by atoms with E-state index in [1.807, 2.05) is 29.2 Å². The molecule has 0 radical (unpaired) electrons. The van der Waals surface area contributed by atoms with Crippen molar-refractivity contribution in [2.75, 3.05) is 32.8 Å². The van der Waals surface area contributed by atoms with E-state index >= 15 is 0 Å². The first-order chi connectivity index (χ1) is 9.31. The van der Waals surface area contributed by atoms with Crippen molar-refractivity contribution in [1.82, 2.24) is 10.2 Å². The van der Waals surface area contributed by atoms with Gasteiger partial charge >= 0.3 is 0 Å². The molecule has 0 aliphatic carbocycles. The molecule has 1 fully saturated rings. The van der Waals surface area contributed by atoms with Gasteiger partial charge in [0, 0.05) is 25.2 Å². The molecule has 1 N–H and O–H groups in total. The number of nitrogens with zero attached hydrogens (tertiary/aromatic N) is 1. The van der Waals surface area contributed by atoms with Gasteiger partial charge in [0.25, 0.3) is 5.91 Å². The molecule has 1 heterocycles. The second-order valence-electron chi connectivity index (χ2n) is 4.77. The minimum Gasteiger partial charge on any atom is -0.494 e. The van der Waals surface area contributed by atoms with Crippen LogP contribution < -0.4 is 10.1 Å². The molecule has 19 heavy (non-hydrogen) atoms. The van der Waals surface area contributed by atoms with Crippen molar-refractivity contribution < 1.29 is 9.53 Å². The fourth-order valence-corrected chi connectivity index (χ4v) is 2.17. The number of nitrogens with one attached hydrogen (secondary N) is 1. The van der Waals surface area contributed by atoms with Gasteiger partial charge in [0.2, 0.25) is 0 Å². The molecule has 1 amide bonds. The van der Waals surface area contributed by atoms with Crippen molar-refractivity contribution in [3.05, 3.63) is 29.8 Å². The molecule has 0 bridgehead atoms. The Morgan fingerprint density at radius 2 is 2.26 bits per heavy atom. The highest BCUT2D eigenvalue weighted by Gasteiger charge is 2.17. The number of carbonyl (C=O) groups excluding carboxylic acids is 1. The van der Waals surface area contributed by atoms with E-state index in [2.05, 4.69) is 12.2 Å². The predicted octanol–water partition coefficient (Wildman–Crippen LogP) is 1.91. The van der Waals surface area contributed by atoms with Crippen molar-refractivity contribution in [3.8, 4) is 5.75 Å². The molecule has 1 aromatic rings. The lowest BCUT2D eigenvalue weighted by Gasteiger charge is -2.20. The van der Waals surface area contributed by atoms with Crippen LogP contribution in [0.25, 0.3) is 0 Å². The summed E-state index contributed by atoms with van der Waals surface area (Å²) in [6.45, 7) is 6.22. The molecule has 104 valence electrons. The van der Waals surface area contributed by atoms with Gasteiger partial charge in [0.15, 0.2) is 0 Å². The van der Waals surface area contributed by atoms with Gasteiger partial charge in [-0.05, 0) is 37.6 Å². The van der Waals surface area contributed by atoms with Crippen LogP contribution in [0.15, 0.2) is 24.3 Å². The molecular weight excluding hydrogens is 240 g/mol. The fourth-order valence-electron chi connectivity index (χ4n) is 2.17. The zero-order valence-corrected chi connectivity index (χ0v) is 11.5. The maximum atomic E-state index is 12.4. The van der Waals surface area contributed by atoms with Gasteiger partial charge < -0.3 is 15.0 Å². The summed E-state index contributed by atoms with van der Waals surface area (Å²) in [4.78, 5) is 14.3. The van der Waals surface area contributed by atoms with Crippen LogP contribution in [-0.4, -0.2) is 43.6 Å². The zero-order valence-electron chi connectivity index (χ0n) is 11.5. The average Bonchev–Trinajstić information content (AvgIpc) is 2.73. The first kappa shape index (κ1) is 13.9. The van der Waals surface area contributed by atoms with Crippen molar-refractivity contribution >= 4 is 5.91 Å². The van der Waals surface area contributed by atoms with Crippen LogP contribution >= 0.6 is 0 Å². The predicted molar refractivity (Wildman–Crippen MR) is 75.6 cm³/mol. The van der Waals surface area contributed by atoms with Gasteiger partial charge in [-0.15, -0.1) is 0 Å². The Balaban J connectivity index is 2.04. The monoisotopic (exact) mass is 262 g/mol. The summed E-state index contributed by atoms with van der Waals surface area (Å²) in [6, 6.07) is 7.49. The van der Waals surface area contributed by atoms with Crippen molar-refractivity contribution in [2.45, 2.75) is 19.8 Å². The highest BCUT2D eigenvalue weighted by molar-refractivity contribution is 5.94. The number of hydrogen-bond acceptors (Lipinski definition) is 3. The summed E-state index contributed by atoms with van der Waals surface area (Å²) in [7, 11) is 0. The van der Waals surface area contributed by atoms with E-state index in [9.17, 15) is 4.79 Å². The maximum absolute atomic E-state index is 12.4. The topological polar surface area (TPSA) is 41.6 Å². The second kappa shape index (κ2) is 7.14. The Kier molecular flexibility index (Phi) is 5.21. The molecular formula is C15H22N2O2. The summed E-state index contributed by atoms with van der Waals surface area (Å²) in [5.74, 6) is 0.881. The fraction of sp³-hybridized carbons (Fsp3) is 0.533. The van der Waals surface area contributed by atoms with Gasteiger partial charge in [-0.2, -0.15) is 0 Å². The third-order valence-electron chi connectivity index (χ3n) is 3.18. The summed E-state index contributed by atoms with van der Waals surface area (Å²) in [5.41, 5.74) is 0.718.